The predicted octanol–water partition coefficient (Wildman–Crippen LogP) is 1.32. The van der Waals surface area contributed by atoms with Crippen LogP contribution in [0.3, 0.4) is 0 Å². The number of methoxy groups -OCH3 is 1. The van der Waals surface area contributed by atoms with Crippen molar-refractivity contribution in [1.82, 2.24) is 5.32 Å². The highest BCUT2D eigenvalue weighted by Gasteiger charge is 2.23. The summed E-state index contributed by atoms with van der Waals surface area (Å²) in [6.07, 6.45) is 1.45. The molecular formula is C19H27FN4O4. The zero-order chi connectivity index (χ0) is 20.5. The summed E-state index contributed by atoms with van der Waals surface area (Å²) in [5.41, 5.74) is 5.86. The second-order valence-electron chi connectivity index (χ2n) is 6.68. The van der Waals surface area contributed by atoms with E-state index in [0.717, 1.165) is 12.8 Å². The molecule has 0 atom stereocenters. The van der Waals surface area contributed by atoms with Crippen molar-refractivity contribution >= 4 is 23.4 Å². The van der Waals surface area contributed by atoms with Crippen LogP contribution in [-0.2, 0) is 25.7 Å². The Labute approximate surface area is 163 Å². The number of nitrogens with two attached hydrogens (primary N) is 1. The van der Waals surface area contributed by atoms with Crippen molar-refractivity contribution in [2.24, 2.45) is 5.73 Å². The van der Waals surface area contributed by atoms with Gasteiger partial charge in [0.05, 0.1) is 12.3 Å². The lowest BCUT2D eigenvalue weighted by Gasteiger charge is -2.34. The summed E-state index contributed by atoms with van der Waals surface area (Å²) in [4.78, 5) is 25.2. The summed E-state index contributed by atoms with van der Waals surface area (Å²) in [7, 11) is 1.55. The van der Waals surface area contributed by atoms with Crippen LogP contribution in [0.25, 0.3) is 0 Å². The molecule has 0 aliphatic carbocycles. The molecule has 0 unspecified atom stereocenters. The first kappa shape index (κ1) is 21.6. The maximum atomic E-state index is 14.8. The maximum Gasteiger partial charge on any atom is 0.313 e. The van der Waals surface area contributed by atoms with Crippen LogP contribution in [0.5, 0.6) is 0 Å². The summed E-state index contributed by atoms with van der Waals surface area (Å²) < 4.78 is 24.7. The van der Waals surface area contributed by atoms with E-state index >= 15 is 0 Å². The van der Waals surface area contributed by atoms with Gasteiger partial charge in [-0.2, -0.15) is 0 Å². The van der Waals surface area contributed by atoms with Gasteiger partial charge in [0.2, 0.25) is 5.91 Å². The van der Waals surface area contributed by atoms with Crippen LogP contribution in [0.2, 0.25) is 0 Å². The van der Waals surface area contributed by atoms with E-state index in [0.29, 0.717) is 31.8 Å². The van der Waals surface area contributed by atoms with Crippen LogP contribution < -0.4 is 16.0 Å². The number of carbonyl (C=O) groups is 2. The van der Waals surface area contributed by atoms with Gasteiger partial charge >= 0.3 is 5.97 Å². The van der Waals surface area contributed by atoms with Crippen LogP contribution >= 0.6 is 0 Å². The lowest BCUT2D eigenvalue weighted by atomic mass is 10.0. The number of amidine groups is 1. The van der Waals surface area contributed by atoms with Crippen molar-refractivity contribution in [3.8, 4) is 0 Å². The normalized spacial score (nSPS) is 14.6. The molecule has 0 bridgehead atoms. The number of carbonyl (C=O) groups excluding carboxylic acids is 2. The Kier molecular flexibility index (Phi) is 8.19. The number of ether oxygens (including phenoxy) is 2. The van der Waals surface area contributed by atoms with Crippen LogP contribution in [0.1, 0.15) is 31.2 Å². The number of esters is 1. The third kappa shape index (κ3) is 6.49. The van der Waals surface area contributed by atoms with E-state index in [2.05, 4.69) is 5.32 Å². The molecule has 4 N–H and O–H groups in total. The third-order valence-corrected chi connectivity index (χ3v) is 4.52. The summed E-state index contributed by atoms with van der Waals surface area (Å²) in [6, 6.07) is 5.03. The Morgan fingerprint density at radius 2 is 2.07 bits per heavy atom. The average molecular weight is 394 g/mol. The minimum absolute atomic E-state index is 0.0409. The number of hydrogen-bond donors (Lipinski definition) is 3. The third-order valence-electron chi connectivity index (χ3n) is 4.52. The van der Waals surface area contributed by atoms with Gasteiger partial charge in [0.1, 0.15) is 18.9 Å². The summed E-state index contributed by atoms with van der Waals surface area (Å²) in [6.45, 7) is 1.40. The second kappa shape index (κ2) is 10.6. The molecule has 1 fully saturated rings. The molecule has 1 saturated heterocycles. The summed E-state index contributed by atoms with van der Waals surface area (Å²) >= 11 is 0. The van der Waals surface area contributed by atoms with Gasteiger partial charge in [0, 0.05) is 38.2 Å². The number of halogens is 1. The molecule has 1 aliphatic heterocycles. The Bertz CT molecular complexity index is 705. The van der Waals surface area contributed by atoms with Crippen LogP contribution in [0.15, 0.2) is 18.2 Å². The summed E-state index contributed by atoms with van der Waals surface area (Å²) in [5, 5.41) is 10.0. The number of piperidine rings is 1. The first-order valence-electron chi connectivity index (χ1n) is 9.20. The molecule has 0 spiro atoms. The number of benzene rings is 1. The molecule has 1 amide bonds. The largest absolute Gasteiger partial charge is 0.460 e. The number of amides is 1. The van der Waals surface area contributed by atoms with Gasteiger partial charge in [-0.25, -0.2) is 4.39 Å². The smallest absolute Gasteiger partial charge is 0.313 e. The fourth-order valence-electron chi connectivity index (χ4n) is 3.05. The number of rotatable bonds is 9. The first-order valence-corrected chi connectivity index (χ1v) is 9.20. The van der Waals surface area contributed by atoms with Gasteiger partial charge in [-0.3, -0.25) is 15.0 Å². The molecule has 1 heterocycles. The highest BCUT2D eigenvalue weighted by molar-refractivity contribution is 5.94. The Morgan fingerprint density at radius 3 is 2.71 bits per heavy atom. The Balaban J connectivity index is 1.90. The summed E-state index contributed by atoms with van der Waals surface area (Å²) in [5.74, 6) is -1.43. The Morgan fingerprint density at radius 1 is 1.36 bits per heavy atom. The van der Waals surface area contributed by atoms with E-state index in [9.17, 15) is 14.0 Å². The molecule has 9 heteroatoms. The minimum Gasteiger partial charge on any atom is -0.460 e. The molecule has 0 saturated carbocycles. The van der Waals surface area contributed by atoms with Crippen molar-refractivity contribution in [3.05, 3.63) is 29.6 Å². The van der Waals surface area contributed by atoms with Gasteiger partial charge < -0.3 is 25.4 Å². The molecule has 8 nitrogen and oxygen atoms in total. The van der Waals surface area contributed by atoms with E-state index in [1.165, 1.54) is 0 Å². The Hall–Kier alpha value is -2.68. The van der Waals surface area contributed by atoms with Crippen molar-refractivity contribution in [2.75, 3.05) is 31.7 Å². The lowest BCUT2D eigenvalue weighted by Crippen LogP contribution is -2.45. The fraction of sp³-hybridized carbons (Fsp3) is 0.526. The minimum atomic E-state index is -0.665. The van der Waals surface area contributed by atoms with Gasteiger partial charge in [-0.15, -0.1) is 0 Å². The van der Waals surface area contributed by atoms with Crippen LogP contribution in [0.4, 0.5) is 10.1 Å². The van der Waals surface area contributed by atoms with Crippen molar-refractivity contribution in [2.45, 2.75) is 38.3 Å². The van der Waals surface area contributed by atoms with E-state index in [1.807, 2.05) is 4.90 Å². The predicted molar refractivity (Wildman–Crippen MR) is 103 cm³/mol. The second-order valence-corrected chi connectivity index (χ2v) is 6.68. The molecule has 2 rings (SSSR count). The number of nitrogens with one attached hydrogen (secondary N) is 2. The van der Waals surface area contributed by atoms with E-state index in [-0.39, 0.29) is 36.4 Å². The molecule has 0 aromatic heterocycles. The highest BCUT2D eigenvalue weighted by Crippen LogP contribution is 2.26. The van der Waals surface area contributed by atoms with Gasteiger partial charge in [-0.1, -0.05) is 12.1 Å². The maximum absolute atomic E-state index is 14.8. The number of nitrogens with zero attached hydrogens (tertiary/aromatic N) is 1. The molecule has 1 aromatic carbocycles. The zero-order valence-corrected chi connectivity index (χ0v) is 16.0. The van der Waals surface area contributed by atoms with E-state index < -0.39 is 11.8 Å². The molecule has 1 aromatic rings. The highest BCUT2D eigenvalue weighted by atomic mass is 19.1. The molecule has 0 radical (unpaired) electrons. The number of anilines is 1. The van der Waals surface area contributed by atoms with E-state index in [4.69, 9.17) is 20.6 Å². The fourth-order valence-corrected chi connectivity index (χ4v) is 3.05. The molecule has 154 valence electrons. The van der Waals surface area contributed by atoms with Crippen molar-refractivity contribution in [1.29, 1.82) is 5.41 Å². The van der Waals surface area contributed by atoms with Gasteiger partial charge in [0.15, 0.2) is 5.82 Å². The van der Waals surface area contributed by atoms with Crippen LogP contribution in [0, 0.1) is 11.2 Å². The molecule has 28 heavy (non-hydrogen) atoms. The topological polar surface area (TPSA) is 118 Å². The van der Waals surface area contributed by atoms with Crippen molar-refractivity contribution < 1.29 is 23.5 Å². The van der Waals surface area contributed by atoms with Gasteiger partial charge in [-0.05, 0) is 18.9 Å². The quantitative estimate of drug-likeness (QED) is 0.330. The standard InChI is InChI=1S/C19H27FN4O4/c1-27-10-7-17(25)23-14-5-8-24(9-6-14)15-4-2-3-13(19(15)20)12-28-18(26)11-16(21)22/h2-4,14H,5-12H2,1H3,(H3,21,22)(H,23,25). The van der Waals surface area contributed by atoms with E-state index in [1.54, 1.807) is 25.3 Å². The van der Waals surface area contributed by atoms with Gasteiger partial charge in [0.25, 0.3) is 0 Å². The monoisotopic (exact) mass is 394 g/mol. The van der Waals surface area contributed by atoms with Crippen LogP contribution in [-0.4, -0.2) is 50.6 Å². The van der Waals surface area contributed by atoms with Crippen molar-refractivity contribution in [3.63, 3.8) is 0 Å². The molecule has 1 aliphatic rings. The average Bonchev–Trinajstić information content (AvgIpc) is 2.66. The number of hydrogen-bond acceptors (Lipinski definition) is 6. The SMILES string of the molecule is COCCC(=O)NC1CCN(c2cccc(COC(=O)CC(=N)N)c2F)CC1. The lowest BCUT2D eigenvalue weighted by molar-refractivity contribution is -0.143. The molecular weight excluding hydrogens is 367 g/mol. The first-order chi connectivity index (χ1) is 13.4. The zero-order valence-electron chi connectivity index (χ0n) is 16.0.